The third-order valence-corrected chi connectivity index (χ3v) is 18.8. The average Bonchev–Trinajstić information content (AvgIpc) is 0.805. The molecule has 0 aromatic heterocycles. The molecule has 0 N–H and O–H groups in total. The Bertz CT molecular complexity index is 3090. The van der Waals surface area contributed by atoms with Crippen LogP contribution in [0.4, 0.5) is 0 Å². The summed E-state index contributed by atoms with van der Waals surface area (Å²) in [5.41, 5.74) is 18.1. The summed E-state index contributed by atoms with van der Waals surface area (Å²) in [6, 6.07) is 26.2. The molecule has 6 nitrogen and oxygen atoms in total. The predicted molar refractivity (Wildman–Crippen MR) is 398 cm³/mol. The van der Waals surface area contributed by atoms with Crippen LogP contribution in [0.5, 0.6) is 23.0 Å². The Labute approximate surface area is 629 Å². The topological polar surface area (TPSA) is 55.4 Å². The van der Waals surface area contributed by atoms with Crippen LogP contribution in [0.3, 0.4) is 0 Å². The van der Waals surface area contributed by atoms with Gasteiger partial charge >= 0.3 is 17.2 Å². The van der Waals surface area contributed by atoms with Crippen molar-refractivity contribution in [3.05, 3.63) is 188 Å². The number of hydrogen-bond donors (Lipinski definition) is 0. The van der Waals surface area contributed by atoms with Gasteiger partial charge in [0.2, 0.25) is 0 Å². The van der Waals surface area contributed by atoms with Gasteiger partial charge in [-0.1, -0.05) is 321 Å². The number of halogens is 2. The number of benzene rings is 4. The van der Waals surface area contributed by atoms with Crippen LogP contribution in [0.2, 0.25) is 0 Å². The van der Waals surface area contributed by atoms with Crippen molar-refractivity contribution < 1.29 is 92.8 Å². The smallest absolute Gasteiger partial charge is 0.530 e. The molecule has 4 aromatic rings. The molecule has 4 aromatic carbocycles. The molecule has 2 aliphatic rings. The van der Waals surface area contributed by atoms with Gasteiger partial charge in [0.15, 0.2) is 11.5 Å². The number of allylic oxidation sites excluding steroid dienone is 4. The molecule has 0 saturated carbocycles. The van der Waals surface area contributed by atoms with Gasteiger partial charge in [0.25, 0.3) is 0 Å². The SMILES string of the molecule is CC(C)(C)[C]1C=C(C(C)(C)C)C=C=C1OP(Oc1ccc(C(C)(C)C)cc1C(C)(C)C)Oc1ccc(C(C)(C)C)cc1C(C)(C)C.CC(C)(C)[C]1C=C(C(C)(C)C)C=C=C1OP(Oc1ccc(C(C)(C)C)cc1C(C)(C)C)Oc1ccc(C(C)(C)C)cc1C(C)(C)C.[Cl-].[Cl-].[Pd].[Pd]. The van der Waals surface area contributed by atoms with Gasteiger partial charge < -0.3 is 52.0 Å². The van der Waals surface area contributed by atoms with Gasteiger partial charge in [-0.25, -0.2) is 0 Å². The zero-order valence-corrected chi connectivity index (χ0v) is 72.4. The maximum absolute atomic E-state index is 6.88. The van der Waals surface area contributed by atoms with Crippen molar-refractivity contribution in [3.8, 4) is 23.0 Å². The molecule has 0 aliphatic heterocycles. The number of rotatable bonds is 12. The van der Waals surface area contributed by atoms with E-state index in [0.717, 1.165) is 57.1 Å². The van der Waals surface area contributed by atoms with Crippen LogP contribution in [0.1, 0.15) is 294 Å². The molecule has 2 radical (unpaired) electrons. The third-order valence-electron chi connectivity index (χ3n) is 16.8. The molecule has 12 heteroatoms. The van der Waals surface area contributed by atoms with Crippen molar-refractivity contribution in [2.24, 2.45) is 21.7 Å². The minimum absolute atomic E-state index is 0. The van der Waals surface area contributed by atoms with E-state index in [2.05, 4.69) is 358 Å². The molecular weight excluding hydrogens is 1450 g/mol. The van der Waals surface area contributed by atoms with Gasteiger partial charge in [-0.2, -0.15) is 0 Å². The van der Waals surface area contributed by atoms with E-state index in [1.165, 1.54) is 33.4 Å². The quantitative estimate of drug-likeness (QED) is 0.0800. The summed E-state index contributed by atoms with van der Waals surface area (Å²) in [5.74, 6) is 6.60. The van der Waals surface area contributed by atoms with Crippen LogP contribution in [0, 0.1) is 33.5 Å². The summed E-state index contributed by atoms with van der Waals surface area (Å²) in [5, 5.41) is 0. The summed E-state index contributed by atoms with van der Waals surface area (Å²) < 4.78 is 41.2. The molecule has 6 rings (SSSR count). The molecule has 0 bridgehead atoms. The van der Waals surface area contributed by atoms with Crippen molar-refractivity contribution in [1.29, 1.82) is 0 Å². The molecule has 96 heavy (non-hydrogen) atoms. The second-order valence-electron chi connectivity index (χ2n) is 38.1. The molecule has 0 fully saturated rings. The minimum Gasteiger partial charge on any atom is -1.00 e. The fraction of sp³-hybridized carbons (Fsp3) is 0.571. The Morgan fingerprint density at radius 2 is 0.448 bits per heavy atom. The Morgan fingerprint density at radius 3 is 0.604 bits per heavy atom. The van der Waals surface area contributed by atoms with Gasteiger partial charge in [0.05, 0.1) is 11.8 Å². The predicted octanol–water partition coefficient (Wildman–Crippen LogP) is 20.5. The van der Waals surface area contributed by atoms with E-state index in [1.54, 1.807) is 0 Å². The summed E-state index contributed by atoms with van der Waals surface area (Å²) in [4.78, 5) is 0. The Balaban J connectivity index is 0.000000922. The number of hydrogen-bond acceptors (Lipinski definition) is 6. The molecule has 0 atom stereocenters. The first kappa shape index (κ1) is 91.0. The van der Waals surface area contributed by atoms with E-state index in [4.69, 9.17) is 27.1 Å². The third kappa shape index (κ3) is 25.2. The second kappa shape index (κ2) is 32.5. The Kier molecular flexibility index (Phi) is 30.8. The van der Waals surface area contributed by atoms with Crippen molar-refractivity contribution in [2.75, 3.05) is 0 Å². The molecular formula is C84H124Cl2O6P2Pd2-2. The summed E-state index contributed by atoms with van der Waals surface area (Å²) in [7, 11) is -3.85. The van der Waals surface area contributed by atoms with Crippen LogP contribution >= 0.6 is 17.2 Å². The largest absolute Gasteiger partial charge is 1.00 e. The average molecular weight is 1580 g/mol. The molecule has 0 unspecified atom stereocenters. The fourth-order valence-electron chi connectivity index (χ4n) is 10.3. The Morgan fingerprint density at radius 1 is 0.250 bits per heavy atom. The van der Waals surface area contributed by atoms with E-state index < -0.39 is 17.2 Å². The van der Waals surface area contributed by atoms with Crippen LogP contribution < -0.4 is 42.9 Å². The molecule has 0 saturated heterocycles. The molecule has 0 heterocycles. The van der Waals surface area contributed by atoms with Crippen molar-refractivity contribution in [3.63, 3.8) is 0 Å². The van der Waals surface area contributed by atoms with Crippen LogP contribution in [0.25, 0.3) is 0 Å². The fourth-order valence-corrected chi connectivity index (χ4v) is 12.4. The zero-order valence-electron chi connectivity index (χ0n) is 66.0. The zero-order chi connectivity index (χ0) is 70.5. The molecule has 0 spiro atoms. The first-order valence-electron chi connectivity index (χ1n) is 33.6. The second-order valence-corrected chi connectivity index (χ2v) is 40.1. The first-order chi connectivity index (χ1) is 41.2. The van der Waals surface area contributed by atoms with Gasteiger partial charge in [-0.15, -0.1) is 0 Å². The van der Waals surface area contributed by atoms with E-state index in [0.29, 0.717) is 11.5 Å². The van der Waals surface area contributed by atoms with E-state index >= 15 is 0 Å². The van der Waals surface area contributed by atoms with Gasteiger partial charge in [-0.05, 0) is 135 Å². The summed E-state index contributed by atoms with van der Waals surface area (Å²) >= 11 is 0. The standard InChI is InChI=1S/2C42H62O3P.2ClH.2Pd/c2*1-37(2,3)28-19-22-34(31(25-28)40(10,11)12)43-46(44-35-23-20-29(38(4,5)6)26-32(35)41(13,14)15)45-36-24-21-30(39(7,8)9)27-33(36)42(16,17)18;;;;/h2*19-23,25-27H,1-18H3;2*1H;;/p-2. The summed E-state index contributed by atoms with van der Waals surface area (Å²) in [6.45, 7) is 80.3. The van der Waals surface area contributed by atoms with Crippen molar-refractivity contribution in [2.45, 2.75) is 293 Å². The van der Waals surface area contributed by atoms with Gasteiger partial charge in [0, 0.05) is 63.1 Å². The molecule has 542 valence electrons. The minimum atomic E-state index is -1.92. The maximum Gasteiger partial charge on any atom is 0.530 e. The van der Waals surface area contributed by atoms with E-state index in [1.807, 2.05) is 0 Å². The van der Waals surface area contributed by atoms with E-state index in [-0.39, 0.29) is 131 Å². The van der Waals surface area contributed by atoms with Gasteiger partial charge in [-0.3, -0.25) is 0 Å². The van der Waals surface area contributed by atoms with E-state index in [9.17, 15) is 0 Å². The maximum atomic E-state index is 6.88. The van der Waals surface area contributed by atoms with Crippen LogP contribution in [0.15, 0.2) is 131 Å². The van der Waals surface area contributed by atoms with Crippen molar-refractivity contribution >= 4 is 17.2 Å². The van der Waals surface area contributed by atoms with Crippen molar-refractivity contribution in [1.82, 2.24) is 0 Å². The normalized spacial score (nSPS) is 14.9. The first-order valence-corrected chi connectivity index (χ1v) is 35.8. The monoisotopic (exact) mass is 1570 g/mol. The van der Waals surface area contributed by atoms with Gasteiger partial charge in [0.1, 0.15) is 23.0 Å². The summed E-state index contributed by atoms with van der Waals surface area (Å²) in [6.07, 6.45) is 8.62. The molecule has 0 amide bonds. The molecule has 2 aliphatic carbocycles. The van der Waals surface area contributed by atoms with Crippen LogP contribution in [-0.2, 0) is 93.2 Å². The Hall–Kier alpha value is -3.04. The van der Waals surface area contributed by atoms with Crippen LogP contribution in [-0.4, -0.2) is 0 Å².